The normalized spacial score (nSPS) is 14.4. The average molecular weight is 328 g/mol. The van der Waals surface area contributed by atoms with E-state index in [2.05, 4.69) is 58.4 Å². The first-order chi connectivity index (χ1) is 11.6. The van der Waals surface area contributed by atoms with Gasteiger partial charge in [-0.3, -0.25) is 4.68 Å². The molecule has 1 aliphatic rings. The lowest BCUT2D eigenvalue weighted by Gasteiger charge is -2.17. The summed E-state index contributed by atoms with van der Waals surface area (Å²) in [5.74, 6) is 2.26. The Labute approximate surface area is 144 Å². The topological polar surface area (TPSA) is 49.2 Å². The summed E-state index contributed by atoms with van der Waals surface area (Å²) in [6.45, 7) is 5.96. The van der Waals surface area contributed by atoms with Crippen molar-refractivity contribution >= 4 is 11.6 Å². The van der Waals surface area contributed by atoms with Crippen LogP contribution in [0.5, 0.6) is 0 Å². The van der Waals surface area contributed by atoms with E-state index in [0.29, 0.717) is 0 Å². The van der Waals surface area contributed by atoms with E-state index in [1.165, 1.54) is 24.0 Å². The minimum atomic E-state index is 0.807. The SMILES string of the molecule is Cc1nn(C)c(N(C)C)c1CNCc1ccc(N2CCCC2)nc1. The lowest BCUT2D eigenvalue weighted by Crippen LogP contribution is -2.20. The quantitative estimate of drug-likeness (QED) is 0.880. The molecule has 1 fully saturated rings. The minimum Gasteiger partial charge on any atom is -0.363 e. The molecular weight excluding hydrogens is 300 g/mol. The van der Waals surface area contributed by atoms with Gasteiger partial charge in [0.25, 0.3) is 0 Å². The van der Waals surface area contributed by atoms with Crippen molar-refractivity contribution in [3.05, 3.63) is 35.2 Å². The summed E-state index contributed by atoms with van der Waals surface area (Å²) >= 11 is 0. The van der Waals surface area contributed by atoms with E-state index in [4.69, 9.17) is 0 Å². The molecule has 1 saturated heterocycles. The lowest BCUT2D eigenvalue weighted by atomic mass is 10.2. The minimum absolute atomic E-state index is 0.807. The number of anilines is 2. The van der Waals surface area contributed by atoms with Gasteiger partial charge in [0.1, 0.15) is 11.6 Å². The highest BCUT2D eigenvalue weighted by atomic mass is 15.4. The van der Waals surface area contributed by atoms with E-state index < -0.39 is 0 Å². The molecule has 3 rings (SSSR count). The van der Waals surface area contributed by atoms with Gasteiger partial charge in [-0.05, 0) is 31.4 Å². The first kappa shape index (κ1) is 16.8. The van der Waals surface area contributed by atoms with Crippen molar-refractivity contribution < 1.29 is 0 Å². The Bertz CT molecular complexity index is 668. The maximum absolute atomic E-state index is 4.62. The fraction of sp³-hybridized carbons (Fsp3) is 0.556. The summed E-state index contributed by atoms with van der Waals surface area (Å²) in [6, 6.07) is 4.32. The molecule has 130 valence electrons. The number of hydrogen-bond acceptors (Lipinski definition) is 5. The van der Waals surface area contributed by atoms with Gasteiger partial charge < -0.3 is 15.1 Å². The number of nitrogens with zero attached hydrogens (tertiary/aromatic N) is 5. The van der Waals surface area contributed by atoms with Crippen LogP contribution in [0.15, 0.2) is 18.3 Å². The number of aryl methyl sites for hydroxylation is 2. The first-order valence-corrected chi connectivity index (χ1v) is 8.66. The highest BCUT2D eigenvalue weighted by molar-refractivity contribution is 5.48. The molecule has 0 saturated carbocycles. The summed E-state index contributed by atoms with van der Waals surface area (Å²) < 4.78 is 1.94. The van der Waals surface area contributed by atoms with Crippen LogP contribution >= 0.6 is 0 Å². The van der Waals surface area contributed by atoms with E-state index in [1.807, 2.05) is 17.9 Å². The molecule has 24 heavy (non-hydrogen) atoms. The smallest absolute Gasteiger partial charge is 0.130 e. The molecule has 0 bridgehead atoms. The molecular formula is C18H28N6. The number of rotatable bonds is 6. The van der Waals surface area contributed by atoms with Crippen molar-refractivity contribution in [2.75, 3.05) is 37.0 Å². The van der Waals surface area contributed by atoms with Gasteiger partial charge in [0, 0.05) is 59.1 Å². The van der Waals surface area contributed by atoms with E-state index in [-0.39, 0.29) is 0 Å². The van der Waals surface area contributed by atoms with Crippen molar-refractivity contribution in [2.24, 2.45) is 7.05 Å². The number of hydrogen-bond donors (Lipinski definition) is 1. The highest BCUT2D eigenvalue weighted by Gasteiger charge is 2.15. The van der Waals surface area contributed by atoms with Crippen LogP contribution in [0.25, 0.3) is 0 Å². The monoisotopic (exact) mass is 328 g/mol. The van der Waals surface area contributed by atoms with Crippen molar-refractivity contribution in [3.8, 4) is 0 Å². The van der Waals surface area contributed by atoms with Gasteiger partial charge in [-0.25, -0.2) is 4.98 Å². The Morgan fingerprint density at radius 3 is 2.54 bits per heavy atom. The van der Waals surface area contributed by atoms with Crippen molar-refractivity contribution in [3.63, 3.8) is 0 Å². The zero-order valence-electron chi connectivity index (χ0n) is 15.2. The molecule has 1 N–H and O–H groups in total. The molecule has 0 radical (unpaired) electrons. The summed E-state index contributed by atoms with van der Waals surface area (Å²) in [5.41, 5.74) is 3.55. The van der Waals surface area contributed by atoms with Gasteiger partial charge in [-0.15, -0.1) is 0 Å². The zero-order valence-corrected chi connectivity index (χ0v) is 15.2. The van der Waals surface area contributed by atoms with Crippen molar-refractivity contribution in [2.45, 2.75) is 32.9 Å². The second-order valence-corrected chi connectivity index (χ2v) is 6.73. The summed E-state index contributed by atoms with van der Waals surface area (Å²) in [7, 11) is 6.11. The molecule has 0 spiro atoms. The second-order valence-electron chi connectivity index (χ2n) is 6.73. The molecule has 3 heterocycles. The Morgan fingerprint density at radius 2 is 1.92 bits per heavy atom. The van der Waals surface area contributed by atoms with Crippen LogP contribution in [-0.2, 0) is 20.1 Å². The van der Waals surface area contributed by atoms with E-state index in [0.717, 1.165) is 43.5 Å². The van der Waals surface area contributed by atoms with E-state index >= 15 is 0 Å². The molecule has 1 aliphatic heterocycles. The molecule has 6 heteroatoms. The Balaban J connectivity index is 1.59. The van der Waals surface area contributed by atoms with Crippen LogP contribution in [0.2, 0.25) is 0 Å². The highest BCUT2D eigenvalue weighted by Crippen LogP contribution is 2.21. The molecule has 0 unspecified atom stereocenters. The molecule has 6 nitrogen and oxygen atoms in total. The number of pyridine rings is 1. The van der Waals surface area contributed by atoms with Gasteiger partial charge in [0.15, 0.2) is 0 Å². The van der Waals surface area contributed by atoms with Gasteiger partial charge in [0.2, 0.25) is 0 Å². The Hall–Kier alpha value is -2.08. The fourth-order valence-corrected chi connectivity index (χ4v) is 3.44. The van der Waals surface area contributed by atoms with E-state index in [9.17, 15) is 0 Å². The maximum Gasteiger partial charge on any atom is 0.130 e. The second kappa shape index (κ2) is 7.21. The average Bonchev–Trinajstić information content (AvgIpc) is 3.16. The fourth-order valence-electron chi connectivity index (χ4n) is 3.44. The summed E-state index contributed by atoms with van der Waals surface area (Å²) in [5, 5.41) is 8.05. The van der Waals surface area contributed by atoms with Crippen LogP contribution in [0.3, 0.4) is 0 Å². The third-order valence-electron chi connectivity index (χ3n) is 4.61. The summed E-state index contributed by atoms with van der Waals surface area (Å²) in [4.78, 5) is 9.09. The van der Waals surface area contributed by atoms with Crippen LogP contribution in [0.4, 0.5) is 11.6 Å². The molecule has 0 aliphatic carbocycles. The van der Waals surface area contributed by atoms with Crippen molar-refractivity contribution in [1.82, 2.24) is 20.1 Å². The van der Waals surface area contributed by atoms with Crippen LogP contribution in [0, 0.1) is 6.92 Å². The standard InChI is InChI=1S/C18H28N6/c1-14-16(18(22(2)3)23(4)21-14)13-19-11-15-7-8-17(20-12-15)24-9-5-6-10-24/h7-8,12,19H,5-6,9-11,13H2,1-4H3. The molecule has 0 amide bonds. The maximum atomic E-state index is 4.62. The van der Waals surface area contributed by atoms with Gasteiger partial charge in [-0.2, -0.15) is 5.10 Å². The largest absolute Gasteiger partial charge is 0.363 e. The van der Waals surface area contributed by atoms with Gasteiger partial charge in [-0.1, -0.05) is 6.07 Å². The Kier molecular flexibility index (Phi) is 5.04. The molecule has 0 aromatic carbocycles. The molecule has 0 atom stereocenters. The third-order valence-corrected chi connectivity index (χ3v) is 4.61. The number of aromatic nitrogens is 3. The lowest BCUT2D eigenvalue weighted by molar-refractivity contribution is 0.686. The predicted octanol–water partition coefficient (Wildman–Crippen LogP) is 2.08. The van der Waals surface area contributed by atoms with Gasteiger partial charge >= 0.3 is 0 Å². The van der Waals surface area contributed by atoms with Gasteiger partial charge in [0.05, 0.1) is 5.69 Å². The summed E-state index contributed by atoms with van der Waals surface area (Å²) in [6.07, 6.45) is 4.55. The predicted molar refractivity (Wildman–Crippen MR) is 98.5 cm³/mol. The Morgan fingerprint density at radius 1 is 1.17 bits per heavy atom. The number of nitrogens with one attached hydrogen (secondary N) is 1. The molecule has 2 aromatic rings. The zero-order chi connectivity index (χ0) is 17.1. The third kappa shape index (κ3) is 3.53. The van der Waals surface area contributed by atoms with Crippen LogP contribution in [-0.4, -0.2) is 41.9 Å². The van der Waals surface area contributed by atoms with Crippen molar-refractivity contribution in [1.29, 1.82) is 0 Å². The van der Waals surface area contributed by atoms with E-state index in [1.54, 1.807) is 0 Å². The first-order valence-electron chi connectivity index (χ1n) is 8.66. The van der Waals surface area contributed by atoms with Crippen LogP contribution in [0.1, 0.15) is 29.7 Å². The van der Waals surface area contributed by atoms with Crippen LogP contribution < -0.4 is 15.1 Å². The molecule has 2 aromatic heterocycles.